The number of amides is 14. The van der Waals surface area contributed by atoms with Gasteiger partial charge in [-0.05, 0) is 186 Å². The van der Waals surface area contributed by atoms with Crippen molar-refractivity contribution in [3.05, 3.63) is 0 Å². The van der Waals surface area contributed by atoms with E-state index in [2.05, 4.69) is 5.32 Å². The van der Waals surface area contributed by atoms with Crippen LogP contribution in [0.2, 0.25) is 0 Å². The highest BCUT2D eigenvalue weighted by Crippen LogP contribution is 2.38. The molecule has 0 aromatic heterocycles. The zero-order chi connectivity index (χ0) is 69.1. The van der Waals surface area contributed by atoms with Crippen molar-refractivity contribution in [3.63, 3.8) is 0 Å². The second kappa shape index (κ2) is 28.9. The van der Waals surface area contributed by atoms with E-state index in [1.165, 1.54) is 4.90 Å². The van der Waals surface area contributed by atoms with Crippen molar-refractivity contribution < 1.29 is 67.1 Å². The molecular formula is C70H101N15O14. The standard InChI is InChI=1S/C70H101N15O14/c71-57(86)44-16-2-30-73(44)59(88)46-18-4-32-75(46)61(90)48-20-6-34-77(48)63(92)50-22-8-36-79(50)65(94)52-24-10-38-81(52)67(96)54-26-12-40-83(54)69(98)56-28-14-42-85(56)70(99)55-27-13-41-84(55)68(97)53-25-11-39-82(53)66(95)51-23-9-37-80(51)64(93)49-21-7-35-78(49)62(91)47-19-5-33-76(47)60(89)45-17-3-31-74(45)58(87)43-15-1-29-72-43/h43-56,72H,1-42H2,(H2,71,86). The minimum atomic E-state index is -0.881. The van der Waals surface area contributed by atoms with Gasteiger partial charge in [-0.1, -0.05) is 0 Å². The van der Waals surface area contributed by atoms with Crippen LogP contribution in [0.3, 0.4) is 0 Å². The number of nitrogens with zero attached hydrogens (tertiary/aromatic N) is 13. The third-order valence-corrected chi connectivity index (χ3v) is 25.1. The Bertz CT molecular complexity index is 3260. The Morgan fingerprint density at radius 2 is 0.333 bits per heavy atom. The summed E-state index contributed by atoms with van der Waals surface area (Å²) in [4.78, 5) is 222. The fourth-order valence-electron chi connectivity index (χ4n) is 20.2. The van der Waals surface area contributed by atoms with Gasteiger partial charge in [0, 0.05) is 85.1 Å². The molecule has 0 bridgehead atoms. The van der Waals surface area contributed by atoms with Gasteiger partial charge in [0.05, 0.1) is 6.04 Å². The number of primary amides is 1. The molecule has 14 heterocycles. The summed E-state index contributed by atoms with van der Waals surface area (Å²) in [5.41, 5.74) is 5.65. The first kappa shape index (κ1) is 68.7. The molecule has 0 spiro atoms. The molecule has 3 N–H and O–H groups in total. The lowest BCUT2D eigenvalue weighted by Crippen LogP contribution is -2.60. The van der Waals surface area contributed by atoms with Crippen LogP contribution in [0.1, 0.15) is 180 Å². The summed E-state index contributed by atoms with van der Waals surface area (Å²) in [6, 6.07) is -10.9. The Morgan fingerprint density at radius 1 is 0.192 bits per heavy atom. The maximum Gasteiger partial charge on any atom is 0.246 e. The number of hydrogen-bond donors (Lipinski definition) is 2. The largest absolute Gasteiger partial charge is 0.368 e. The van der Waals surface area contributed by atoms with Gasteiger partial charge in [-0.2, -0.15) is 0 Å². The number of carbonyl (C=O) groups is 14. The first-order chi connectivity index (χ1) is 47.9. The number of carbonyl (C=O) groups excluding carboxylic acids is 14. The van der Waals surface area contributed by atoms with Gasteiger partial charge in [0.15, 0.2) is 0 Å². The van der Waals surface area contributed by atoms with Crippen LogP contribution in [0.15, 0.2) is 0 Å². The zero-order valence-electron chi connectivity index (χ0n) is 57.4. The van der Waals surface area contributed by atoms with Crippen molar-refractivity contribution in [3.8, 4) is 0 Å². The summed E-state index contributed by atoms with van der Waals surface area (Å²) in [6.07, 6.45) is 14.5. The molecule has 14 amide bonds. The molecule has 540 valence electrons. The molecule has 14 fully saturated rings. The van der Waals surface area contributed by atoms with E-state index in [1.54, 1.807) is 58.8 Å². The third-order valence-electron chi connectivity index (χ3n) is 25.1. The summed E-state index contributed by atoms with van der Waals surface area (Å²) >= 11 is 0. The first-order valence-corrected chi connectivity index (χ1v) is 37.9. The van der Waals surface area contributed by atoms with Crippen molar-refractivity contribution >= 4 is 82.7 Å². The lowest BCUT2D eigenvalue weighted by molar-refractivity contribution is -0.156. The second-order valence-corrected chi connectivity index (χ2v) is 30.5. The average molecular weight is 1380 g/mol. The summed E-state index contributed by atoms with van der Waals surface area (Å²) in [5.74, 6) is -4.49. The number of nitrogens with two attached hydrogens (primary N) is 1. The van der Waals surface area contributed by atoms with Crippen molar-refractivity contribution in [2.45, 2.75) is 264 Å². The van der Waals surface area contributed by atoms with Crippen LogP contribution in [-0.2, 0) is 67.1 Å². The van der Waals surface area contributed by atoms with Gasteiger partial charge in [0.1, 0.15) is 78.5 Å². The summed E-state index contributed by atoms with van der Waals surface area (Å²) < 4.78 is 0. The van der Waals surface area contributed by atoms with Crippen LogP contribution < -0.4 is 11.1 Å². The topological polar surface area (TPSA) is 319 Å². The second-order valence-electron chi connectivity index (χ2n) is 30.5. The number of likely N-dealkylation sites (tertiary alicyclic amines) is 13. The molecule has 14 rings (SSSR count). The molecule has 0 aromatic rings. The molecule has 14 aliphatic heterocycles. The lowest BCUT2D eigenvalue weighted by atomic mass is 10.1. The average Bonchev–Trinajstić information content (AvgIpc) is 1.64. The molecule has 0 radical (unpaired) electrons. The molecule has 14 aliphatic rings. The molecule has 0 saturated carbocycles. The van der Waals surface area contributed by atoms with E-state index < -0.39 is 84.5 Å². The van der Waals surface area contributed by atoms with Gasteiger partial charge < -0.3 is 74.7 Å². The summed E-state index contributed by atoms with van der Waals surface area (Å²) in [5, 5.41) is 3.26. The van der Waals surface area contributed by atoms with Crippen LogP contribution in [0.5, 0.6) is 0 Å². The maximum absolute atomic E-state index is 15.0. The molecule has 14 unspecified atom stereocenters. The minimum Gasteiger partial charge on any atom is -0.368 e. The summed E-state index contributed by atoms with van der Waals surface area (Å²) in [6.45, 7) is 5.06. The van der Waals surface area contributed by atoms with E-state index in [4.69, 9.17) is 5.73 Å². The van der Waals surface area contributed by atoms with E-state index in [0.717, 1.165) is 19.4 Å². The molecular weight excluding hydrogens is 1270 g/mol. The van der Waals surface area contributed by atoms with Crippen molar-refractivity contribution in [2.24, 2.45) is 5.73 Å². The van der Waals surface area contributed by atoms with Crippen LogP contribution >= 0.6 is 0 Å². The van der Waals surface area contributed by atoms with E-state index in [0.29, 0.717) is 226 Å². The van der Waals surface area contributed by atoms with E-state index in [-0.39, 0.29) is 109 Å². The van der Waals surface area contributed by atoms with Crippen molar-refractivity contribution in [1.29, 1.82) is 0 Å². The van der Waals surface area contributed by atoms with Gasteiger partial charge in [0.2, 0.25) is 82.7 Å². The number of hydrogen-bond acceptors (Lipinski definition) is 15. The van der Waals surface area contributed by atoms with Crippen LogP contribution in [0.25, 0.3) is 0 Å². The van der Waals surface area contributed by atoms with Crippen LogP contribution in [0, 0.1) is 0 Å². The monoisotopic (exact) mass is 1380 g/mol. The molecule has 29 nitrogen and oxygen atoms in total. The highest BCUT2D eigenvalue weighted by Gasteiger charge is 2.55. The zero-order valence-corrected chi connectivity index (χ0v) is 57.4. The van der Waals surface area contributed by atoms with Gasteiger partial charge in [-0.15, -0.1) is 0 Å². The Morgan fingerprint density at radius 3 is 0.475 bits per heavy atom. The third kappa shape index (κ3) is 12.6. The predicted octanol–water partition coefficient (Wildman–Crippen LogP) is -0.893. The van der Waals surface area contributed by atoms with Crippen LogP contribution in [-0.4, -0.2) is 323 Å². The fraction of sp³-hybridized carbons (Fsp3) is 0.800. The van der Waals surface area contributed by atoms with Crippen molar-refractivity contribution in [2.75, 3.05) is 91.6 Å². The quantitative estimate of drug-likeness (QED) is 0.213. The van der Waals surface area contributed by atoms with Gasteiger partial charge in [-0.25, -0.2) is 0 Å². The lowest BCUT2D eigenvalue weighted by Gasteiger charge is -2.38. The molecule has 0 aromatic carbocycles. The smallest absolute Gasteiger partial charge is 0.246 e. The molecule has 14 saturated heterocycles. The Labute approximate surface area is 578 Å². The normalized spacial score (nSPS) is 33.3. The molecule has 29 heteroatoms. The van der Waals surface area contributed by atoms with E-state index in [1.807, 2.05) is 0 Å². The Kier molecular flexibility index (Phi) is 20.0. The van der Waals surface area contributed by atoms with Gasteiger partial charge in [-0.3, -0.25) is 67.1 Å². The summed E-state index contributed by atoms with van der Waals surface area (Å²) in [7, 11) is 0. The van der Waals surface area contributed by atoms with Gasteiger partial charge >= 0.3 is 0 Å². The number of nitrogens with one attached hydrogen (secondary N) is 1. The number of rotatable bonds is 14. The minimum absolute atomic E-state index is 0.0639. The van der Waals surface area contributed by atoms with Gasteiger partial charge in [0.25, 0.3) is 0 Å². The molecule has 0 aliphatic carbocycles. The highest BCUT2D eigenvalue weighted by atomic mass is 16.2. The molecule has 99 heavy (non-hydrogen) atoms. The predicted molar refractivity (Wildman–Crippen MR) is 352 cm³/mol. The van der Waals surface area contributed by atoms with Crippen LogP contribution in [0.4, 0.5) is 0 Å². The highest BCUT2D eigenvalue weighted by molar-refractivity contribution is 6.02. The SMILES string of the molecule is NC(=O)C1CCCN1C(=O)C1CCCN1C(=O)C1CCCN1C(=O)C1CCCN1C(=O)C1CCCN1C(=O)C1CCCN1C(=O)C1CCCN1C(=O)C1CCCN1C(=O)C1CCCN1C(=O)C1CCCN1C(=O)C1CCCN1C(=O)C1CCCN1C(=O)C1CCCN1C(=O)C1CCCN1. The Hall–Kier alpha value is -7.46. The Balaban J connectivity index is 0.583. The first-order valence-electron chi connectivity index (χ1n) is 37.9. The molecule has 14 atom stereocenters. The van der Waals surface area contributed by atoms with E-state index in [9.17, 15) is 67.1 Å². The maximum atomic E-state index is 15.0. The fourth-order valence-corrected chi connectivity index (χ4v) is 20.2. The van der Waals surface area contributed by atoms with Crippen molar-refractivity contribution in [1.82, 2.24) is 69.0 Å². The van der Waals surface area contributed by atoms with E-state index >= 15 is 0 Å².